The Morgan fingerprint density at radius 3 is 2.74 bits per heavy atom. The Morgan fingerprint density at radius 1 is 1.43 bits per heavy atom. The molecule has 0 aliphatic heterocycles. The van der Waals surface area contributed by atoms with Gasteiger partial charge < -0.3 is 25.3 Å². The Hall–Kier alpha value is -2.38. The van der Waals surface area contributed by atoms with E-state index in [9.17, 15) is 9.90 Å². The predicted molar refractivity (Wildman–Crippen MR) is 84.1 cm³/mol. The molecule has 4 N–H and O–H groups in total. The van der Waals surface area contributed by atoms with Gasteiger partial charge in [-0.3, -0.25) is 4.79 Å². The van der Waals surface area contributed by atoms with E-state index in [1.807, 2.05) is 24.3 Å². The number of ether oxygens (including phenoxy) is 1. The van der Waals surface area contributed by atoms with Crippen molar-refractivity contribution in [3.8, 4) is 5.75 Å². The molecule has 0 saturated heterocycles. The van der Waals surface area contributed by atoms with Crippen LogP contribution in [0.15, 0.2) is 34.9 Å². The minimum absolute atomic E-state index is 0.139. The Morgan fingerprint density at radius 2 is 2.13 bits per heavy atom. The number of oxazole rings is 1. The third-order valence-corrected chi connectivity index (χ3v) is 3.42. The van der Waals surface area contributed by atoms with E-state index >= 15 is 0 Å². The van der Waals surface area contributed by atoms with Crippen LogP contribution in [0.2, 0.25) is 0 Å². The highest BCUT2D eigenvalue weighted by atomic mass is 16.5. The van der Waals surface area contributed by atoms with Gasteiger partial charge in [-0.1, -0.05) is 12.1 Å². The van der Waals surface area contributed by atoms with Crippen LogP contribution in [0.25, 0.3) is 0 Å². The smallest absolute Gasteiger partial charge is 0.273 e. The SMILES string of the molecule is COc1ccc(CCNC(=O)c2coc(C(N)C(C)O)n2)cc1. The maximum atomic E-state index is 12.0. The van der Waals surface area contributed by atoms with Crippen molar-refractivity contribution in [2.45, 2.75) is 25.5 Å². The highest BCUT2D eigenvalue weighted by Gasteiger charge is 2.20. The number of hydrogen-bond acceptors (Lipinski definition) is 6. The van der Waals surface area contributed by atoms with Crippen molar-refractivity contribution in [2.75, 3.05) is 13.7 Å². The average Bonchev–Trinajstić information content (AvgIpc) is 3.04. The summed E-state index contributed by atoms with van der Waals surface area (Å²) in [6.07, 6.45) is 1.12. The lowest BCUT2D eigenvalue weighted by molar-refractivity contribution is 0.0948. The van der Waals surface area contributed by atoms with E-state index in [0.29, 0.717) is 13.0 Å². The van der Waals surface area contributed by atoms with Crippen LogP contribution in [0.3, 0.4) is 0 Å². The summed E-state index contributed by atoms with van der Waals surface area (Å²) in [7, 11) is 1.62. The first-order valence-corrected chi connectivity index (χ1v) is 7.31. The zero-order valence-corrected chi connectivity index (χ0v) is 13.2. The van der Waals surface area contributed by atoms with Gasteiger partial charge in [-0.05, 0) is 31.0 Å². The minimum Gasteiger partial charge on any atom is -0.497 e. The summed E-state index contributed by atoms with van der Waals surface area (Å²) in [6, 6.07) is 6.88. The molecule has 124 valence electrons. The predicted octanol–water partition coefficient (Wildman–Crippen LogP) is 1.04. The zero-order chi connectivity index (χ0) is 16.8. The largest absolute Gasteiger partial charge is 0.497 e. The Kier molecular flexibility index (Phi) is 5.72. The summed E-state index contributed by atoms with van der Waals surface area (Å²) in [5.41, 5.74) is 6.93. The van der Waals surface area contributed by atoms with Crippen molar-refractivity contribution >= 4 is 5.91 Å². The van der Waals surface area contributed by atoms with Crippen molar-refractivity contribution in [3.63, 3.8) is 0 Å². The molecule has 7 heteroatoms. The molecule has 1 aromatic carbocycles. The summed E-state index contributed by atoms with van der Waals surface area (Å²) >= 11 is 0. The zero-order valence-electron chi connectivity index (χ0n) is 13.2. The summed E-state index contributed by atoms with van der Waals surface area (Å²) in [5, 5.41) is 12.2. The third kappa shape index (κ3) is 4.54. The molecule has 0 aliphatic rings. The molecule has 7 nitrogen and oxygen atoms in total. The molecule has 2 atom stereocenters. The van der Waals surface area contributed by atoms with Crippen LogP contribution in [0.1, 0.15) is 34.9 Å². The molecule has 0 fully saturated rings. The number of methoxy groups -OCH3 is 1. The highest BCUT2D eigenvalue weighted by molar-refractivity contribution is 5.91. The summed E-state index contributed by atoms with van der Waals surface area (Å²) in [4.78, 5) is 16.0. The fourth-order valence-corrected chi connectivity index (χ4v) is 1.95. The first-order valence-electron chi connectivity index (χ1n) is 7.31. The van der Waals surface area contributed by atoms with Crippen LogP contribution in [-0.2, 0) is 6.42 Å². The van der Waals surface area contributed by atoms with E-state index in [-0.39, 0.29) is 17.5 Å². The lowest BCUT2D eigenvalue weighted by atomic mass is 10.1. The van der Waals surface area contributed by atoms with Gasteiger partial charge >= 0.3 is 0 Å². The second-order valence-electron chi connectivity index (χ2n) is 5.19. The molecule has 0 spiro atoms. The van der Waals surface area contributed by atoms with E-state index < -0.39 is 12.1 Å². The molecule has 2 unspecified atom stereocenters. The Balaban J connectivity index is 1.84. The molecule has 0 aliphatic carbocycles. The maximum absolute atomic E-state index is 12.0. The molecule has 0 radical (unpaired) electrons. The van der Waals surface area contributed by atoms with Crippen molar-refractivity contribution in [2.24, 2.45) is 5.73 Å². The summed E-state index contributed by atoms with van der Waals surface area (Å²) in [5.74, 6) is 0.592. The molecule has 2 aromatic rings. The van der Waals surface area contributed by atoms with Gasteiger partial charge in [-0.15, -0.1) is 0 Å². The van der Waals surface area contributed by atoms with Crippen LogP contribution in [-0.4, -0.2) is 35.8 Å². The first-order chi connectivity index (χ1) is 11.0. The maximum Gasteiger partial charge on any atom is 0.273 e. The van der Waals surface area contributed by atoms with Crippen molar-refractivity contribution < 1.29 is 19.1 Å². The van der Waals surface area contributed by atoms with Gasteiger partial charge in [0.15, 0.2) is 5.69 Å². The highest BCUT2D eigenvalue weighted by Crippen LogP contribution is 2.14. The van der Waals surface area contributed by atoms with E-state index in [0.717, 1.165) is 11.3 Å². The molecule has 1 heterocycles. The number of nitrogens with two attached hydrogens (primary N) is 1. The van der Waals surface area contributed by atoms with Crippen molar-refractivity contribution in [1.82, 2.24) is 10.3 Å². The minimum atomic E-state index is -0.806. The number of aliphatic hydroxyl groups excluding tert-OH is 1. The van der Waals surface area contributed by atoms with Gasteiger partial charge in [0, 0.05) is 6.54 Å². The third-order valence-electron chi connectivity index (χ3n) is 3.42. The molecule has 1 aromatic heterocycles. The molecule has 0 saturated carbocycles. The molecular formula is C16H21N3O4. The number of nitrogens with one attached hydrogen (secondary N) is 1. The standard InChI is InChI=1S/C16H21N3O4/c1-10(20)14(17)16-19-13(9-23-16)15(21)18-8-7-11-3-5-12(22-2)6-4-11/h3-6,9-10,14,20H,7-8,17H2,1-2H3,(H,18,21). The Labute approximate surface area is 134 Å². The van der Waals surface area contributed by atoms with Crippen LogP contribution in [0, 0.1) is 0 Å². The van der Waals surface area contributed by atoms with E-state index in [4.69, 9.17) is 14.9 Å². The van der Waals surface area contributed by atoms with E-state index in [2.05, 4.69) is 10.3 Å². The van der Waals surface area contributed by atoms with Crippen molar-refractivity contribution in [3.05, 3.63) is 47.7 Å². The fraction of sp³-hybridized carbons (Fsp3) is 0.375. The van der Waals surface area contributed by atoms with Gasteiger partial charge in [-0.2, -0.15) is 0 Å². The van der Waals surface area contributed by atoms with Gasteiger partial charge in [0.25, 0.3) is 5.91 Å². The lowest BCUT2D eigenvalue weighted by Crippen LogP contribution is -2.27. The van der Waals surface area contributed by atoms with Crippen molar-refractivity contribution in [1.29, 1.82) is 0 Å². The number of carbonyl (C=O) groups excluding carboxylic acids is 1. The lowest BCUT2D eigenvalue weighted by Gasteiger charge is -2.09. The normalized spacial score (nSPS) is 13.4. The molecule has 2 rings (SSSR count). The second kappa shape index (κ2) is 7.75. The molecular weight excluding hydrogens is 298 g/mol. The van der Waals surface area contributed by atoms with E-state index in [1.54, 1.807) is 7.11 Å². The number of aliphatic hydroxyl groups is 1. The van der Waals surface area contributed by atoms with Gasteiger partial charge in [0.05, 0.1) is 13.2 Å². The molecule has 0 bridgehead atoms. The molecule has 23 heavy (non-hydrogen) atoms. The van der Waals surface area contributed by atoms with Gasteiger partial charge in [0.2, 0.25) is 5.89 Å². The number of aromatic nitrogens is 1. The summed E-state index contributed by atoms with van der Waals surface area (Å²) in [6.45, 7) is 2.00. The number of carbonyl (C=O) groups is 1. The van der Waals surface area contributed by atoms with Crippen LogP contribution in [0.4, 0.5) is 0 Å². The monoisotopic (exact) mass is 319 g/mol. The van der Waals surface area contributed by atoms with E-state index in [1.165, 1.54) is 13.2 Å². The van der Waals surface area contributed by atoms with Crippen LogP contribution < -0.4 is 15.8 Å². The number of nitrogens with zero attached hydrogens (tertiary/aromatic N) is 1. The van der Waals surface area contributed by atoms with Crippen LogP contribution >= 0.6 is 0 Å². The number of rotatable bonds is 7. The average molecular weight is 319 g/mol. The first kappa shape index (κ1) is 17.0. The number of benzene rings is 1. The molecule has 1 amide bonds. The second-order valence-corrected chi connectivity index (χ2v) is 5.19. The number of amides is 1. The fourth-order valence-electron chi connectivity index (χ4n) is 1.95. The topological polar surface area (TPSA) is 111 Å². The van der Waals surface area contributed by atoms with Gasteiger partial charge in [0.1, 0.15) is 18.1 Å². The Bertz CT molecular complexity index is 637. The quantitative estimate of drug-likeness (QED) is 0.703. The van der Waals surface area contributed by atoms with Crippen LogP contribution in [0.5, 0.6) is 5.75 Å². The summed E-state index contributed by atoms with van der Waals surface area (Å²) < 4.78 is 10.2. The number of hydrogen-bond donors (Lipinski definition) is 3. The van der Waals surface area contributed by atoms with Gasteiger partial charge in [-0.25, -0.2) is 4.98 Å².